The van der Waals surface area contributed by atoms with Crippen LogP contribution in [0.15, 0.2) is 194 Å². The van der Waals surface area contributed by atoms with Gasteiger partial charge in [0.15, 0.2) is 0 Å². The second-order valence-electron chi connectivity index (χ2n) is 12.6. The summed E-state index contributed by atoms with van der Waals surface area (Å²) in [6.07, 6.45) is 0. The molecule has 0 spiro atoms. The molecule has 0 saturated carbocycles. The SMILES string of the molecule is c1ccc(-c2ccc(-c3cccc(-c4ccc5sc6ccc(-c7cccc(-c8ccc(-c9ccccc9)cc8)c7)cc6c5c4)c3)cc2)cc1. The van der Waals surface area contributed by atoms with Crippen LogP contribution >= 0.6 is 11.3 Å². The highest BCUT2D eigenvalue weighted by atomic mass is 32.1. The first-order valence-electron chi connectivity index (χ1n) is 16.7. The molecule has 0 nitrogen and oxygen atoms in total. The van der Waals surface area contributed by atoms with E-state index in [1.165, 1.54) is 86.9 Å². The first-order valence-corrected chi connectivity index (χ1v) is 17.6. The fraction of sp³-hybridized carbons (Fsp3) is 0. The average Bonchev–Trinajstić information content (AvgIpc) is 3.56. The van der Waals surface area contributed by atoms with E-state index in [1.54, 1.807) is 0 Å². The summed E-state index contributed by atoms with van der Waals surface area (Å²) in [7, 11) is 0. The molecule has 1 heteroatoms. The molecule has 230 valence electrons. The van der Waals surface area contributed by atoms with Crippen molar-refractivity contribution < 1.29 is 0 Å². The fourth-order valence-corrected chi connectivity index (χ4v) is 7.93. The summed E-state index contributed by atoms with van der Waals surface area (Å²) in [6, 6.07) is 70.6. The molecule has 9 aromatic rings. The number of fused-ring (bicyclic) bond motifs is 3. The van der Waals surface area contributed by atoms with Gasteiger partial charge in [-0.05, 0) is 103 Å². The van der Waals surface area contributed by atoms with E-state index in [4.69, 9.17) is 0 Å². The molecule has 1 heterocycles. The number of hydrogen-bond acceptors (Lipinski definition) is 1. The number of benzene rings is 8. The second kappa shape index (κ2) is 12.5. The number of hydrogen-bond donors (Lipinski definition) is 0. The molecule has 0 aliphatic carbocycles. The molecule has 8 aromatic carbocycles. The molecule has 1 aromatic heterocycles. The third kappa shape index (κ3) is 5.75. The summed E-state index contributed by atoms with van der Waals surface area (Å²) < 4.78 is 2.63. The van der Waals surface area contributed by atoms with Crippen LogP contribution in [0, 0.1) is 0 Å². The quantitative estimate of drug-likeness (QED) is 0.170. The Labute approximate surface area is 291 Å². The minimum absolute atomic E-state index is 1.22. The van der Waals surface area contributed by atoms with Crippen molar-refractivity contribution in [2.24, 2.45) is 0 Å². The third-order valence-corrected chi connectivity index (χ3v) is 10.7. The van der Waals surface area contributed by atoms with Crippen molar-refractivity contribution in [1.82, 2.24) is 0 Å². The van der Waals surface area contributed by atoms with Crippen LogP contribution in [0.5, 0.6) is 0 Å². The van der Waals surface area contributed by atoms with Crippen LogP contribution in [-0.4, -0.2) is 0 Å². The molecule has 0 saturated heterocycles. The lowest BCUT2D eigenvalue weighted by atomic mass is 9.95. The highest BCUT2D eigenvalue weighted by Crippen LogP contribution is 2.39. The Kier molecular flexibility index (Phi) is 7.46. The monoisotopic (exact) mass is 640 g/mol. The molecule has 0 aliphatic rings. The van der Waals surface area contributed by atoms with E-state index in [9.17, 15) is 0 Å². The van der Waals surface area contributed by atoms with E-state index in [0.717, 1.165) is 0 Å². The Morgan fingerprint density at radius 1 is 0.204 bits per heavy atom. The lowest BCUT2D eigenvalue weighted by Crippen LogP contribution is -1.83. The van der Waals surface area contributed by atoms with Gasteiger partial charge in [-0.2, -0.15) is 0 Å². The van der Waals surface area contributed by atoms with E-state index in [1.807, 2.05) is 11.3 Å². The maximum atomic E-state index is 2.38. The summed E-state index contributed by atoms with van der Waals surface area (Å²) in [5, 5.41) is 2.62. The van der Waals surface area contributed by atoms with E-state index in [2.05, 4.69) is 194 Å². The zero-order valence-electron chi connectivity index (χ0n) is 26.9. The normalized spacial score (nSPS) is 11.3. The van der Waals surface area contributed by atoms with Gasteiger partial charge in [0.1, 0.15) is 0 Å². The summed E-state index contributed by atoms with van der Waals surface area (Å²) in [6.45, 7) is 0. The molecule has 0 aliphatic heterocycles. The maximum Gasteiger partial charge on any atom is 0.0355 e. The Bertz CT molecular complexity index is 2380. The van der Waals surface area contributed by atoms with Gasteiger partial charge in [0.05, 0.1) is 0 Å². The molecule has 0 atom stereocenters. The molecule has 0 N–H and O–H groups in total. The predicted molar refractivity (Wildman–Crippen MR) is 212 cm³/mol. The molecule has 0 radical (unpaired) electrons. The van der Waals surface area contributed by atoms with Crippen molar-refractivity contribution in [2.75, 3.05) is 0 Å². The highest BCUT2D eigenvalue weighted by Gasteiger charge is 2.11. The van der Waals surface area contributed by atoms with Gasteiger partial charge in [-0.15, -0.1) is 11.3 Å². The van der Waals surface area contributed by atoms with Crippen LogP contribution in [0.25, 0.3) is 86.9 Å². The van der Waals surface area contributed by atoms with E-state index >= 15 is 0 Å². The largest absolute Gasteiger partial charge is 0.135 e. The first-order chi connectivity index (χ1) is 24.2. The van der Waals surface area contributed by atoms with E-state index in [-0.39, 0.29) is 0 Å². The van der Waals surface area contributed by atoms with Crippen LogP contribution in [0.3, 0.4) is 0 Å². The van der Waals surface area contributed by atoms with Crippen molar-refractivity contribution >= 4 is 31.5 Å². The smallest absolute Gasteiger partial charge is 0.0355 e. The van der Waals surface area contributed by atoms with E-state index in [0.29, 0.717) is 0 Å². The summed E-state index contributed by atoms with van der Waals surface area (Å²) in [4.78, 5) is 0. The summed E-state index contributed by atoms with van der Waals surface area (Å²) in [5.74, 6) is 0. The first kappa shape index (κ1) is 29.1. The van der Waals surface area contributed by atoms with Crippen molar-refractivity contribution in [2.45, 2.75) is 0 Å². The second-order valence-corrected chi connectivity index (χ2v) is 13.7. The van der Waals surface area contributed by atoms with Crippen molar-refractivity contribution in [3.05, 3.63) is 194 Å². The molecule has 0 unspecified atom stereocenters. The van der Waals surface area contributed by atoms with Crippen LogP contribution in [-0.2, 0) is 0 Å². The molecule has 9 rings (SSSR count). The molecular formula is C48H32S. The standard InChI is InChI=1S/C48H32S/c1-3-9-33(10-4-1)35-17-21-37(22-18-35)39-13-7-15-41(29-39)43-25-27-47-45(31-43)46-32-44(26-28-48(46)49-47)42-16-8-14-40(30-42)38-23-19-36(20-24-38)34-11-5-2-6-12-34/h1-32H. The van der Waals surface area contributed by atoms with Crippen molar-refractivity contribution in [1.29, 1.82) is 0 Å². The topological polar surface area (TPSA) is 0 Å². The molecular weight excluding hydrogens is 609 g/mol. The zero-order valence-corrected chi connectivity index (χ0v) is 27.7. The Morgan fingerprint density at radius 2 is 0.469 bits per heavy atom. The zero-order chi connectivity index (χ0) is 32.6. The van der Waals surface area contributed by atoms with Gasteiger partial charge >= 0.3 is 0 Å². The Hall–Kier alpha value is -6.02. The molecule has 0 amide bonds. The number of rotatable bonds is 6. The van der Waals surface area contributed by atoms with Crippen molar-refractivity contribution in [3.8, 4) is 66.8 Å². The van der Waals surface area contributed by atoms with Crippen LogP contribution < -0.4 is 0 Å². The lowest BCUT2D eigenvalue weighted by molar-refractivity contribution is 1.58. The van der Waals surface area contributed by atoms with Crippen LogP contribution in [0.4, 0.5) is 0 Å². The summed E-state index contributed by atoms with van der Waals surface area (Å²) in [5.41, 5.74) is 14.8. The minimum Gasteiger partial charge on any atom is -0.135 e. The molecule has 0 bridgehead atoms. The minimum atomic E-state index is 1.22. The average molecular weight is 641 g/mol. The van der Waals surface area contributed by atoms with Gasteiger partial charge in [0.2, 0.25) is 0 Å². The van der Waals surface area contributed by atoms with Crippen LogP contribution in [0.1, 0.15) is 0 Å². The molecule has 49 heavy (non-hydrogen) atoms. The van der Waals surface area contributed by atoms with Gasteiger partial charge in [-0.1, -0.05) is 158 Å². The fourth-order valence-electron chi connectivity index (χ4n) is 6.86. The maximum absolute atomic E-state index is 2.38. The van der Waals surface area contributed by atoms with Gasteiger partial charge in [0, 0.05) is 20.2 Å². The van der Waals surface area contributed by atoms with Gasteiger partial charge in [-0.3, -0.25) is 0 Å². The van der Waals surface area contributed by atoms with Crippen molar-refractivity contribution in [3.63, 3.8) is 0 Å². The van der Waals surface area contributed by atoms with E-state index < -0.39 is 0 Å². The third-order valence-electron chi connectivity index (χ3n) is 9.51. The summed E-state index contributed by atoms with van der Waals surface area (Å²) >= 11 is 1.87. The Morgan fingerprint density at radius 3 is 0.857 bits per heavy atom. The predicted octanol–water partition coefficient (Wildman–Crippen LogP) is 14.1. The van der Waals surface area contributed by atoms with Gasteiger partial charge < -0.3 is 0 Å². The molecule has 0 fully saturated rings. The Balaban J connectivity index is 1.03. The van der Waals surface area contributed by atoms with Gasteiger partial charge in [-0.25, -0.2) is 0 Å². The number of thiophene rings is 1. The highest BCUT2D eigenvalue weighted by molar-refractivity contribution is 7.25. The lowest BCUT2D eigenvalue weighted by Gasteiger charge is -2.09. The van der Waals surface area contributed by atoms with Gasteiger partial charge in [0.25, 0.3) is 0 Å². The van der Waals surface area contributed by atoms with Crippen LogP contribution in [0.2, 0.25) is 0 Å².